The van der Waals surface area contributed by atoms with E-state index in [-0.39, 0.29) is 57.7 Å². The molecule has 4 N–H and O–H groups in total. The molecule has 3 saturated heterocycles. The molecule has 2 aromatic heterocycles. The molecule has 19 nitrogen and oxygen atoms in total. The number of amides is 1. The van der Waals surface area contributed by atoms with Gasteiger partial charge in [-0.25, -0.2) is 23.7 Å². The number of likely N-dealkylation sites (N-methyl/N-ethyl adjacent to an activating group) is 1. The van der Waals surface area contributed by atoms with E-state index in [4.69, 9.17) is 28.3 Å². The quantitative estimate of drug-likeness (QED) is 0.0444. The van der Waals surface area contributed by atoms with Gasteiger partial charge in [0.2, 0.25) is 5.91 Å². The fourth-order valence-corrected chi connectivity index (χ4v) is 11.6. The van der Waals surface area contributed by atoms with Crippen molar-refractivity contribution in [2.24, 2.45) is 33.8 Å². The van der Waals surface area contributed by atoms with Crippen molar-refractivity contribution in [2.45, 2.75) is 181 Å². The topological polar surface area (TPSA) is 250 Å². The summed E-state index contributed by atoms with van der Waals surface area (Å²) in [5, 5.41) is 33.5. The zero-order chi connectivity index (χ0) is 52.6. The summed E-state index contributed by atoms with van der Waals surface area (Å²) < 4.78 is 60.3. The number of pyridine rings is 1. The first-order valence-electron chi connectivity index (χ1n) is 24.7. The molecule has 5 rings (SSSR count). The Bertz CT molecular complexity index is 2250. The summed E-state index contributed by atoms with van der Waals surface area (Å²) in [6, 6.07) is 3.09. The summed E-state index contributed by atoms with van der Waals surface area (Å²) in [7, 11) is -0.466. The van der Waals surface area contributed by atoms with E-state index in [0.29, 0.717) is 40.5 Å². The van der Waals surface area contributed by atoms with Crippen molar-refractivity contribution >= 4 is 54.0 Å². The molecule has 0 radical (unpaired) electrons. The number of carbonyl (C=O) groups is 3. The number of aromatic nitrogens is 2. The Morgan fingerprint density at radius 2 is 1.83 bits per heavy atom. The number of cyclic esters (lactones) is 1. The molecule has 3 fully saturated rings. The van der Waals surface area contributed by atoms with Gasteiger partial charge < -0.3 is 43.8 Å². The predicted octanol–water partition coefficient (Wildman–Crippen LogP) is 7.46. The van der Waals surface area contributed by atoms with Gasteiger partial charge >= 0.3 is 13.7 Å². The van der Waals surface area contributed by atoms with E-state index < -0.39 is 103 Å². The van der Waals surface area contributed by atoms with Crippen LogP contribution in [0.15, 0.2) is 33.9 Å². The van der Waals surface area contributed by atoms with Gasteiger partial charge in [0, 0.05) is 47.2 Å². The number of anilines is 1. The predicted molar refractivity (Wildman–Crippen MR) is 266 cm³/mol. The van der Waals surface area contributed by atoms with Crippen LogP contribution in [-0.2, 0) is 53.9 Å². The zero-order valence-corrected chi connectivity index (χ0v) is 45.0. The maximum atomic E-state index is 17.1. The maximum Gasteiger partial charge on any atom is 0.431 e. The van der Waals surface area contributed by atoms with E-state index in [1.807, 2.05) is 46.7 Å². The van der Waals surface area contributed by atoms with Gasteiger partial charge in [-0.05, 0) is 104 Å². The number of unbranched alkanes of at least 4 members (excludes halogenated alkanes) is 1. The van der Waals surface area contributed by atoms with E-state index in [1.54, 1.807) is 44.5 Å². The van der Waals surface area contributed by atoms with Gasteiger partial charge in [0.1, 0.15) is 28.6 Å². The van der Waals surface area contributed by atoms with Crippen molar-refractivity contribution in [1.29, 1.82) is 0 Å². The minimum absolute atomic E-state index is 0.0254. The number of ketones is 1. The van der Waals surface area contributed by atoms with Crippen LogP contribution in [0.3, 0.4) is 0 Å². The number of hydrogen-bond acceptors (Lipinski definition) is 17. The average Bonchev–Trinajstić information content (AvgIpc) is 3.77. The number of nitrogens with zero attached hydrogens (tertiary/aromatic N) is 5. The van der Waals surface area contributed by atoms with Gasteiger partial charge in [-0.3, -0.25) is 24.2 Å². The lowest BCUT2D eigenvalue weighted by Crippen LogP contribution is -2.61. The Kier molecular flexibility index (Phi) is 20.2. The molecule has 0 spiro atoms. The highest BCUT2D eigenvalue weighted by Crippen LogP contribution is 2.45. The molecule has 5 heterocycles. The fourth-order valence-electron chi connectivity index (χ4n) is 9.97. The Hall–Kier alpha value is -3.63. The van der Waals surface area contributed by atoms with Crippen LogP contribution in [0.2, 0.25) is 0 Å². The molecule has 1 amide bonds. The Morgan fingerprint density at radius 3 is 2.46 bits per heavy atom. The van der Waals surface area contributed by atoms with E-state index >= 15 is 4.39 Å². The van der Waals surface area contributed by atoms with Gasteiger partial charge in [0.25, 0.3) is 5.67 Å². The van der Waals surface area contributed by atoms with Crippen molar-refractivity contribution in [3.63, 3.8) is 0 Å². The van der Waals surface area contributed by atoms with Gasteiger partial charge in [-0.2, -0.15) is 0 Å². The second-order valence-electron chi connectivity index (χ2n) is 20.1. The summed E-state index contributed by atoms with van der Waals surface area (Å²) in [5.74, 6) is -6.33. The largest absolute Gasteiger partial charge is 0.457 e. The van der Waals surface area contributed by atoms with Crippen LogP contribution >= 0.6 is 19.1 Å². The summed E-state index contributed by atoms with van der Waals surface area (Å²) >= 11 is 1.25. The first kappa shape index (κ1) is 58.3. The SMILES string of the molecule is CCCCOP(=O)(O)Nc1csc(-c2ccc(CO/N=C3\CC[C@@H]4[C@@H](C)C(=NC(=O)CC)[C@H](C)C[C@@](C)(OC3)[C@H](O[C@@H]3O[C@H](C)C[C@H](N(C)C)[C@H]3O)[C@@H](C)C(=O)[C@](C)(F)C(=O)O[C@H](CC)[C@@]4(C)O)nc2)n1. The Balaban J connectivity index is 1.57. The van der Waals surface area contributed by atoms with Crippen LogP contribution in [0.1, 0.15) is 126 Å². The molecule has 0 saturated carbocycles. The lowest BCUT2D eigenvalue weighted by Gasteiger charge is -2.48. The highest BCUT2D eigenvalue weighted by molar-refractivity contribution is 7.54. The molecule has 3 aliphatic rings. The van der Waals surface area contributed by atoms with Crippen molar-refractivity contribution in [1.82, 2.24) is 14.9 Å². The number of alkyl halides is 1. The molecule has 398 valence electrons. The number of aliphatic imine (C=N–C) groups is 1. The van der Waals surface area contributed by atoms with Crippen LogP contribution in [0.25, 0.3) is 10.6 Å². The number of fused-ring (bicyclic) bond motifs is 5. The number of ether oxygens (including phenoxy) is 4. The molecule has 22 heteroatoms. The molecule has 71 heavy (non-hydrogen) atoms. The second kappa shape index (κ2) is 24.6. The van der Waals surface area contributed by atoms with Gasteiger partial charge in [-0.15, -0.1) is 11.3 Å². The van der Waals surface area contributed by atoms with Gasteiger partial charge in [0.05, 0.1) is 42.4 Å². The molecule has 14 atom stereocenters. The second-order valence-corrected chi connectivity index (χ2v) is 22.4. The van der Waals surface area contributed by atoms with Crippen molar-refractivity contribution in [3.8, 4) is 10.6 Å². The lowest BCUT2D eigenvalue weighted by molar-refractivity contribution is -0.296. The van der Waals surface area contributed by atoms with Crippen LogP contribution < -0.4 is 5.09 Å². The van der Waals surface area contributed by atoms with Crippen LogP contribution in [0.5, 0.6) is 0 Å². The number of Topliss-reactive ketones (excluding diaryl/α,β-unsaturated/α-hetero) is 1. The first-order valence-corrected chi connectivity index (χ1v) is 27.1. The normalized spacial score (nSPS) is 35.6. The van der Waals surface area contributed by atoms with Crippen LogP contribution in [0.4, 0.5) is 10.2 Å². The van der Waals surface area contributed by atoms with Gasteiger partial charge in [-0.1, -0.05) is 53.1 Å². The van der Waals surface area contributed by atoms with E-state index in [0.717, 1.165) is 13.3 Å². The highest BCUT2D eigenvalue weighted by Gasteiger charge is 2.56. The first-order chi connectivity index (χ1) is 33.3. The lowest BCUT2D eigenvalue weighted by atomic mass is 9.68. The molecule has 3 aliphatic heterocycles. The minimum Gasteiger partial charge on any atom is -0.457 e. The fraction of sp³-hybridized carbons (Fsp3) is 0.735. The summed E-state index contributed by atoms with van der Waals surface area (Å²) in [6.07, 6.45) is -1.66. The molecular weight excluding hydrogens is 963 g/mol. The summed E-state index contributed by atoms with van der Waals surface area (Å²) in [5.41, 5.74) is -4.69. The molecule has 2 aromatic rings. The minimum atomic E-state index is -4.10. The third-order valence-corrected chi connectivity index (χ3v) is 16.0. The molecule has 1 unspecified atom stereocenters. The standard InChI is InChI=1S/C49H76FN6O13PS/c1-13-16-21-66-70(62,63)55-38-27-71-44(52-38)32-17-18-33(51-24-32)26-65-54-34-19-20-35-30(6)40(53-39(57)15-3)28(4)23-47(8,64-25-34)43(69-45-41(58)36(56(11)12)22-29(5)67-45)31(7)42(59)48(9,50)46(60)68-37(14-2)49(35,10)61/h17-18,24,27-31,35-37,41,43,45,58,61H,13-16,19-23,25-26H2,1-12H3,(H2,55,62,63)/b53-40?,54-34+/t28-,29-,30-,31+,35-,36+,37-,41-,43-,45+,47-,48+,49+/m1/s1. The van der Waals surface area contributed by atoms with Crippen LogP contribution in [0, 0.1) is 23.7 Å². The van der Waals surface area contributed by atoms with Gasteiger partial charge in [0.15, 0.2) is 18.7 Å². The maximum absolute atomic E-state index is 17.1. The van der Waals surface area contributed by atoms with Crippen molar-refractivity contribution in [2.75, 3.05) is 32.4 Å². The number of oxime groups is 1. The number of halogens is 1. The van der Waals surface area contributed by atoms with Crippen LogP contribution in [-0.4, -0.2) is 140 Å². The number of carbonyl (C=O) groups excluding carboxylic acids is 3. The number of rotatable bonds is 15. The average molecular weight is 1040 g/mol. The monoisotopic (exact) mass is 1040 g/mol. The smallest absolute Gasteiger partial charge is 0.431 e. The molecule has 0 aliphatic carbocycles. The van der Waals surface area contributed by atoms with E-state index in [2.05, 4.69) is 25.2 Å². The number of esters is 1. The molecule has 0 aromatic carbocycles. The molecular formula is C49H76FN6O13PS. The third-order valence-electron chi connectivity index (χ3n) is 14.1. The third kappa shape index (κ3) is 14.4. The zero-order valence-electron chi connectivity index (χ0n) is 43.3. The van der Waals surface area contributed by atoms with Crippen molar-refractivity contribution < 1.29 is 66.8 Å². The number of aliphatic hydroxyl groups excluding tert-OH is 1. The van der Waals surface area contributed by atoms with Crippen molar-refractivity contribution in [3.05, 3.63) is 29.4 Å². The number of aliphatic hydroxyl groups is 2. The van der Waals surface area contributed by atoms with E-state index in [9.17, 15) is 34.1 Å². The summed E-state index contributed by atoms with van der Waals surface area (Å²) in [4.78, 5) is 73.5. The number of thiazole rings is 1. The Labute approximate surface area is 421 Å². The highest BCUT2D eigenvalue weighted by atomic mass is 32.1. The number of hydrogen-bond donors (Lipinski definition) is 4. The van der Waals surface area contributed by atoms with E-state index in [1.165, 1.54) is 25.2 Å². The molecule has 2 bridgehead atoms. The Morgan fingerprint density at radius 1 is 1.11 bits per heavy atom. The number of nitrogens with one attached hydrogen (secondary N) is 1. The summed E-state index contributed by atoms with van der Waals surface area (Å²) in [6.45, 7) is 16.2.